The number of carbonyl (C=O) groups excluding carboxylic acids is 1. The molecule has 2 aromatic heterocycles. The van der Waals surface area contributed by atoms with Crippen LogP contribution in [0.25, 0.3) is 10.9 Å². The van der Waals surface area contributed by atoms with E-state index < -0.39 is 0 Å². The first-order chi connectivity index (χ1) is 10.6. The minimum Gasteiger partial charge on any atom is -0.344 e. The first-order valence-corrected chi connectivity index (χ1v) is 6.99. The second kappa shape index (κ2) is 5.81. The van der Waals surface area contributed by atoms with Gasteiger partial charge in [0.05, 0.1) is 17.3 Å². The molecule has 0 aliphatic heterocycles. The Morgan fingerprint density at radius 1 is 1.18 bits per heavy atom. The smallest absolute Gasteiger partial charge is 0.252 e. The SMILES string of the molecule is CC(NC(=O)c1cc(=O)[nH]c2ccccc12)c1ccccn1. The summed E-state index contributed by atoms with van der Waals surface area (Å²) in [6, 6.07) is 13.9. The maximum absolute atomic E-state index is 12.5. The Bertz CT molecular complexity index is 872. The zero-order valence-corrected chi connectivity index (χ0v) is 12.0. The third kappa shape index (κ3) is 2.74. The first-order valence-electron chi connectivity index (χ1n) is 6.99. The molecular weight excluding hydrogens is 278 g/mol. The van der Waals surface area contributed by atoms with E-state index >= 15 is 0 Å². The molecule has 1 aromatic carbocycles. The van der Waals surface area contributed by atoms with Crippen molar-refractivity contribution >= 4 is 16.8 Å². The second-order valence-electron chi connectivity index (χ2n) is 5.04. The van der Waals surface area contributed by atoms with Crippen LogP contribution in [0.2, 0.25) is 0 Å². The molecule has 0 saturated heterocycles. The molecule has 0 radical (unpaired) electrons. The number of hydrogen-bond acceptors (Lipinski definition) is 3. The molecule has 5 nitrogen and oxygen atoms in total. The summed E-state index contributed by atoms with van der Waals surface area (Å²) in [7, 11) is 0. The number of rotatable bonds is 3. The molecule has 1 unspecified atom stereocenters. The highest BCUT2D eigenvalue weighted by Crippen LogP contribution is 2.16. The van der Waals surface area contributed by atoms with Gasteiger partial charge in [0.2, 0.25) is 5.56 Å². The number of fused-ring (bicyclic) bond motifs is 1. The van der Waals surface area contributed by atoms with Crippen LogP contribution in [0, 0.1) is 0 Å². The van der Waals surface area contributed by atoms with Crippen LogP contribution in [0.1, 0.15) is 29.0 Å². The van der Waals surface area contributed by atoms with E-state index in [0.29, 0.717) is 16.5 Å². The number of para-hydroxylation sites is 1. The first kappa shape index (κ1) is 14.0. The van der Waals surface area contributed by atoms with Crippen LogP contribution in [-0.2, 0) is 0 Å². The van der Waals surface area contributed by atoms with Crippen molar-refractivity contribution in [3.63, 3.8) is 0 Å². The second-order valence-corrected chi connectivity index (χ2v) is 5.04. The van der Waals surface area contributed by atoms with Crippen molar-refractivity contribution in [3.05, 3.63) is 76.3 Å². The number of hydrogen-bond donors (Lipinski definition) is 2. The van der Waals surface area contributed by atoms with Crippen molar-refractivity contribution in [2.45, 2.75) is 13.0 Å². The number of aromatic nitrogens is 2. The van der Waals surface area contributed by atoms with Gasteiger partial charge in [-0.3, -0.25) is 14.6 Å². The molecule has 1 atom stereocenters. The van der Waals surface area contributed by atoms with Crippen LogP contribution in [-0.4, -0.2) is 15.9 Å². The third-order valence-electron chi connectivity index (χ3n) is 3.47. The highest BCUT2D eigenvalue weighted by atomic mass is 16.2. The number of carbonyl (C=O) groups is 1. The molecule has 3 rings (SSSR count). The van der Waals surface area contributed by atoms with E-state index in [4.69, 9.17) is 0 Å². The van der Waals surface area contributed by atoms with Gasteiger partial charge in [0, 0.05) is 23.2 Å². The fourth-order valence-corrected chi connectivity index (χ4v) is 2.37. The maximum atomic E-state index is 12.5. The summed E-state index contributed by atoms with van der Waals surface area (Å²) in [5.41, 5.74) is 1.48. The summed E-state index contributed by atoms with van der Waals surface area (Å²) in [6.07, 6.45) is 1.68. The average molecular weight is 293 g/mol. The van der Waals surface area contributed by atoms with E-state index in [0.717, 1.165) is 5.69 Å². The van der Waals surface area contributed by atoms with Crippen LogP contribution in [0.5, 0.6) is 0 Å². The predicted octanol–water partition coefficient (Wildman–Crippen LogP) is 2.41. The summed E-state index contributed by atoms with van der Waals surface area (Å²) >= 11 is 0. The lowest BCUT2D eigenvalue weighted by Crippen LogP contribution is -2.28. The molecule has 0 saturated carbocycles. The van der Waals surface area contributed by atoms with Gasteiger partial charge in [-0.1, -0.05) is 24.3 Å². The van der Waals surface area contributed by atoms with E-state index in [1.807, 2.05) is 43.3 Å². The summed E-state index contributed by atoms with van der Waals surface area (Å²) < 4.78 is 0. The number of nitrogens with one attached hydrogen (secondary N) is 2. The Kier molecular flexibility index (Phi) is 3.70. The normalized spacial score (nSPS) is 12.0. The highest BCUT2D eigenvalue weighted by Gasteiger charge is 2.15. The number of pyridine rings is 2. The van der Waals surface area contributed by atoms with Crippen LogP contribution >= 0.6 is 0 Å². The minimum absolute atomic E-state index is 0.244. The van der Waals surface area contributed by atoms with Gasteiger partial charge in [0.1, 0.15) is 0 Å². The largest absolute Gasteiger partial charge is 0.344 e. The van der Waals surface area contributed by atoms with E-state index in [1.165, 1.54) is 6.07 Å². The van der Waals surface area contributed by atoms with Crippen molar-refractivity contribution in [1.82, 2.24) is 15.3 Å². The molecule has 5 heteroatoms. The van der Waals surface area contributed by atoms with Gasteiger partial charge in [0.25, 0.3) is 5.91 Å². The Balaban J connectivity index is 1.94. The lowest BCUT2D eigenvalue weighted by atomic mass is 10.1. The number of H-pyrrole nitrogens is 1. The number of amides is 1. The number of nitrogens with zero attached hydrogens (tertiary/aromatic N) is 1. The molecule has 2 heterocycles. The van der Waals surface area contributed by atoms with Crippen LogP contribution in [0.3, 0.4) is 0 Å². The van der Waals surface area contributed by atoms with Gasteiger partial charge >= 0.3 is 0 Å². The summed E-state index contributed by atoms with van der Waals surface area (Å²) in [6.45, 7) is 1.86. The Morgan fingerprint density at radius 3 is 2.73 bits per heavy atom. The number of benzene rings is 1. The predicted molar refractivity (Wildman–Crippen MR) is 84.7 cm³/mol. The fraction of sp³-hybridized carbons (Fsp3) is 0.118. The Labute approximate surface area is 127 Å². The van der Waals surface area contributed by atoms with E-state index in [-0.39, 0.29) is 17.5 Å². The van der Waals surface area contributed by atoms with Crippen molar-refractivity contribution in [1.29, 1.82) is 0 Å². The lowest BCUT2D eigenvalue weighted by molar-refractivity contribution is 0.0940. The molecule has 0 spiro atoms. The van der Waals surface area contributed by atoms with Gasteiger partial charge in [-0.2, -0.15) is 0 Å². The summed E-state index contributed by atoms with van der Waals surface area (Å²) in [4.78, 5) is 31.2. The Morgan fingerprint density at radius 2 is 1.95 bits per heavy atom. The molecule has 1 amide bonds. The summed E-state index contributed by atoms with van der Waals surface area (Å²) in [5, 5.41) is 3.59. The molecular formula is C17H15N3O2. The lowest BCUT2D eigenvalue weighted by Gasteiger charge is -2.14. The van der Waals surface area contributed by atoms with E-state index in [9.17, 15) is 9.59 Å². The van der Waals surface area contributed by atoms with Crippen molar-refractivity contribution in [2.75, 3.05) is 0 Å². The maximum Gasteiger partial charge on any atom is 0.252 e. The molecule has 0 aliphatic rings. The van der Waals surface area contributed by atoms with Gasteiger partial charge in [-0.15, -0.1) is 0 Å². The summed E-state index contributed by atoms with van der Waals surface area (Å²) in [5.74, 6) is -0.291. The monoisotopic (exact) mass is 293 g/mol. The van der Waals surface area contributed by atoms with E-state index in [2.05, 4.69) is 15.3 Å². The van der Waals surface area contributed by atoms with Crippen LogP contribution < -0.4 is 10.9 Å². The zero-order chi connectivity index (χ0) is 15.5. The highest BCUT2D eigenvalue weighted by molar-refractivity contribution is 6.06. The Hall–Kier alpha value is -2.95. The van der Waals surface area contributed by atoms with Crippen molar-refractivity contribution in [2.24, 2.45) is 0 Å². The van der Waals surface area contributed by atoms with Gasteiger partial charge in [-0.05, 0) is 25.1 Å². The quantitative estimate of drug-likeness (QED) is 0.778. The fourth-order valence-electron chi connectivity index (χ4n) is 2.37. The third-order valence-corrected chi connectivity index (χ3v) is 3.47. The molecule has 3 aromatic rings. The standard InChI is InChI=1S/C17H15N3O2/c1-11(14-7-4-5-9-18-14)19-17(22)13-10-16(21)20-15-8-3-2-6-12(13)15/h2-11H,1H3,(H,19,22)(H,20,21). The molecule has 22 heavy (non-hydrogen) atoms. The van der Waals surface area contributed by atoms with E-state index in [1.54, 1.807) is 12.3 Å². The van der Waals surface area contributed by atoms with Crippen molar-refractivity contribution in [3.8, 4) is 0 Å². The van der Waals surface area contributed by atoms with Gasteiger partial charge in [0.15, 0.2) is 0 Å². The van der Waals surface area contributed by atoms with Crippen LogP contribution in [0.15, 0.2) is 59.5 Å². The molecule has 0 bridgehead atoms. The molecule has 0 aliphatic carbocycles. The van der Waals surface area contributed by atoms with Gasteiger partial charge < -0.3 is 10.3 Å². The van der Waals surface area contributed by atoms with Crippen LogP contribution in [0.4, 0.5) is 0 Å². The van der Waals surface area contributed by atoms with Crippen molar-refractivity contribution < 1.29 is 4.79 Å². The zero-order valence-electron chi connectivity index (χ0n) is 12.0. The number of aromatic amines is 1. The molecule has 0 fully saturated rings. The topological polar surface area (TPSA) is 74.8 Å². The van der Waals surface area contributed by atoms with Gasteiger partial charge in [-0.25, -0.2) is 0 Å². The average Bonchev–Trinajstić information content (AvgIpc) is 2.54. The minimum atomic E-state index is -0.297. The molecule has 2 N–H and O–H groups in total. The molecule has 110 valence electrons.